The maximum absolute atomic E-state index is 14.0. The molecule has 0 radical (unpaired) electrons. The van der Waals surface area contributed by atoms with E-state index in [1.807, 2.05) is 31.2 Å². The fourth-order valence-electron chi connectivity index (χ4n) is 4.22. The molecule has 3 aromatic carbocycles. The van der Waals surface area contributed by atoms with Gasteiger partial charge in [-0.05, 0) is 55.3 Å². The van der Waals surface area contributed by atoms with Gasteiger partial charge in [0.25, 0.3) is 10.0 Å². The van der Waals surface area contributed by atoms with Gasteiger partial charge in [0.05, 0.1) is 24.8 Å². The number of rotatable bonds is 12. The molecule has 0 saturated carbocycles. The highest BCUT2D eigenvalue weighted by atomic mass is 32.2. The smallest absolute Gasteiger partial charge is 0.264 e. The standard InChI is InChI=1S/C29H34FN3O6S/c1-6-25(29(35)31-3)32(18-21-9-7-20(2)8-10-21)28(34)19-33(23-13-11-22(30)12-14-23)40(36,37)24-15-16-26(38-4)27(17-24)39-5/h7-17,25H,6,18-19H2,1-5H3,(H,31,35). The summed E-state index contributed by atoms with van der Waals surface area (Å²) in [5.41, 5.74) is 1.88. The second kappa shape index (κ2) is 13.3. The molecule has 1 atom stereocenters. The predicted molar refractivity (Wildman–Crippen MR) is 150 cm³/mol. The molecule has 1 N–H and O–H groups in total. The van der Waals surface area contributed by atoms with Crippen LogP contribution in [0, 0.1) is 12.7 Å². The summed E-state index contributed by atoms with van der Waals surface area (Å²) < 4.78 is 53.1. The number of nitrogens with zero attached hydrogens (tertiary/aromatic N) is 2. The van der Waals surface area contributed by atoms with Crippen LogP contribution in [0.2, 0.25) is 0 Å². The van der Waals surface area contributed by atoms with Crippen LogP contribution in [0.25, 0.3) is 0 Å². The lowest BCUT2D eigenvalue weighted by atomic mass is 10.1. The molecule has 0 heterocycles. The third kappa shape index (κ3) is 6.90. The van der Waals surface area contributed by atoms with E-state index < -0.39 is 34.3 Å². The van der Waals surface area contributed by atoms with Crippen LogP contribution in [-0.2, 0) is 26.2 Å². The zero-order valence-corrected chi connectivity index (χ0v) is 24.0. The first-order valence-corrected chi connectivity index (χ1v) is 14.1. The van der Waals surface area contributed by atoms with Crippen molar-refractivity contribution in [3.8, 4) is 11.5 Å². The number of nitrogens with one attached hydrogen (secondary N) is 1. The topological polar surface area (TPSA) is 105 Å². The Morgan fingerprint density at radius 1 is 0.950 bits per heavy atom. The first-order chi connectivity index (χ1) is 19.0. The van der Waals surface area contributed by atoms with E-state index in [-0.39, 0.29) is 28.8 Å². The van der Waals surface area contributed by atoms with Gasteiger partial charge in [-0.25, -0.2) is 12.8 Å². The summed E-state index contributed by atoms with van der Waals surface area (Å²) in [7, 11) is -0.0821. The van der Waals surface area contributed by atoms with Crippen molar-refractivity contribution in [2.45, 2.75) is 37.8 Å². The van der Waals surface area contributed by atoms with Gasteiger partial charge in [0, 0.05) is 19.7 Å². The lowest BCUT2D eigenvalue weighted by Crippen LogP contribution is -2.51. The maximum Gasteiger partial charge on any atom is 0.264 e. The minimum absolute atomic E-state index is 0.0767. The van der Waals surface area contributed by atoms with E-state index in [1.165, 1.54) is 56.5 Å². The van der Waals surface area contributed by atoms with Crippen LogP contribution in [0.1, 0.15) is 24.5 Å². The molecule has 1 unspecified atom stereocenters. The average molecular weight is 572 g/mol. The number of ether oxygens (including phenoxy) is 2. The highest BCUT2D eigenvalue weighted by molar-refractivity contribution is 7.92. The van der Waals surface area contributed by atoms with Gasteiger partial charge in [0.15, 0.2) is 11.5 Å². The lowest BCUT2D eigenvalue weighted by molar-refractivity contribution is -0.140. The molecule has 0 fully saturated rings. The second-order valence-corrected chi connectivity index (χ2v) is 10.9. The third-order valence-corrected chi connectivity index (χ3v) is 8.21. The summed E-state index contributed by atoms with van der Waals surface area (Å²) in [6.07, 6.45) is 0.302. The van der Waals surface area contributed by atoms with E-state index in [0.717, 1.165) is 27.6 Å². The Balaban J connectivity index is 2.08. The normalized spacial score (nSPS) is 11.8. The molecule has 0 aromatic heterocycles. The molecule has 3 rings (SSSR count). The van der Waals surface area contributed by atoms with Gasteiger partial charge in [-0.15, -0.1) is 0 Å². The molecule has 3 aromatic rings. The maximum atomic E-state index is 14.0. The van der Waals surface area contributed by atoms with Crippen LogP contribution in [0.3, 0.4) is 0 Å². The van der Waals surface area contributed by atoms with E-state index >= 15 is 0 Å². The van der Waals surface area contributed by atoms with Crippen LogP contribution in [0.15, 0.2) is 71.6 Å². The Morgan fingerprint density at radius 2 is 1.57 bits per heavy atom. The Morgan fingerprint density at radius 3 is 2.12 bits per heavy atom. The number of sulfonamides is 1. The van der Waals surface area contributed by atoms with Gasteiger partial charge in [0.2, 0.25) is 11.8 Å². The molecule has 9 nitrogen and oxygen atoms in total. The van der Waals surface area contributed by atoms with Crippen molar-refractivity contribution in [3.63, 3.8) is 0 Å². The highest BCUT2D eigenvalue weighted by Crippen LogP contribution is 2.32. The molecule has 40 heavy (non-hydrogen) atoms. The van der Waals surface area contributed by atoms with E-state index in [9.17, 15) is 22.4 Å². The van der Waals surface area contributed by atoms with Crippen LogP contribution < -0.4 is 19.1 Å². The fourth-order valence-corrected chi connectivity index (χ4v) is 5.65. The lowest BCUT2D eigenvalue weighted by Gasteiger charge is -2.33. The number of hydrogen-bond donors (Lipinski definition) is 1. The van der Waals surface area contributed by atoms with Crippen LogP contribution in [0.5, 0.6) is 11.5 Å². The number of anilines is 1. The first kappa shape index (κ1) is 30.4. The number of halogens is 1. The van der Waals surface area contributed by atoms with Crippen LogP contribution in [0.4, 0.5) is 10.1 Å². The Bertz CT molecular complexity index is 1430. The van der Waals surface area contributed by atoms with Crippen LogP contribution in [-0.4, -0.2) is 59.0 Å². The summed E-state index contributed by atoms with van der Waals surface area (Å²) in [4.78, 5) is 27.9. The predicted octanol–water partition coefficient (Wildman–Crippen LogP) is 3.90. The molecule has 0 spiro atoms. The van der Waals surface area contributed by atoms with Crippen molar-refractivity contribution >= 4 is 27.5 Å². The van der Waals surface area contributed by atoms with Gasteiger partial charge < -0.3 is 19.7 Å². The monoisotopic (exact) mass is 571 g/mol. The zero-order valence-electron chi connectivity index (χ0n) is 23.2. The van der Waals surface area contributed by atoms with Gasteiger partial charge in [-0.1, -0.05) is 36.8 Å². The van der Waals surface area contributed by atoms with E-state index in [2.05, 4.69) is 5.32 Å². The van der Waals surface area contributed by atoms with Gasteiger partial charge >= 0.3 is 0 Å². The minimum Gasteiger partial charge on any atom is -0.493 e. The number of likely N-dealkylation sites (N-methyl/N-ethyl adjacent to an activating group) is 1. The van der Waals surface area contributed by atoms with Gasteiger partial charge in [-0.2, -0.15) is 0 Å². The molecular formula is C29H34FN3O6S. The van der Waals surface area contributed by atoms with Crippen molar-refractivity contribution in [2.75, 3.05) is 32.1 Å². The Labute approximate surface area is 234 Å². The highest BCUT2D eigenvalue weighted by Gasteiger charge is 2.33. The Hall–Kier alpha value is -4.12. The summed E-state index contributed by atoms with van der Waals surface area (Å²) in [6.45, 7) is 3.15. The third-order valence-electron chi connectivity index (χ3n) is 6.44. The zero-order chi connectivity index (χ0) is 29.4. The summed E-state index contributed by atoms with van der Waals surface area (Å²) >= 11 is 0. The number of amides is 2. The Kier molecular flexibility index (Phi) is 10.1. The molecule has 11 heteroatoms. The molecule has 0 aliphatic rings. The van der Waals surface area contributed by atoms with E-state index in [0.29, 0.717) is 12.2 Å². The van der Waals surface area contributed by atoms with Crippen molar-refractivity contribution in [1.29, 1.82) is 0 Å². The molecule has 2 amide bonds. The van der Waals surface area contributed by atoms with Crippen LogP contribution >= 0.6 is 0 Å². The summed E-state index contributed by atoms with van der Waals surface area (Å²) in [5.74, 6) is -1.04. The first-order valence-electron chi connectivity index (χ1n) is 12.6. The fraction of sp³-hybridized carbons (Fsp3) is 0.310. The molecule has 0 bridgehead atoms. The van der Waals surface area contributed by atoms with Gasteiger partial charge in [-0.3, -0.25) is 13.9 Å². The number of carbonyl (C=O) groups is 2. The quantitative estimate of drug-likeness (QED) is 0.354. The summed E-state index contributed by atoms with van der Waals surface area (Å²) in [5, 5.41) is 2.58. The largest absolute Gasteiger partial charge is 0.493 e. The number of aryl methyl sites for hydroxylation is 1. The SMILES string of the molecule is CCC(C(=O)NC)N(Cc1ccc(C)cc1)C(=O)CN(c1ccc(F)cc1)S(=O)(=O)c1ccc(OC)c(OC)c1. The van der Waals surface area contributed by atoms with E-state index in [4.69, 9.17) is 9.47 Å². The number of carbonyl (C=O) groups excluding carboxylic acids is 2. The number of hydrogen-bond acceptors (Lipinski definition) is 6. The second-order valence-electron chi connectivity index (χ2n) is 9.05. The number of methoxy groups -OCH3 is 2. The summed E-state index contributed by atoms with van der Waals surface area (Å²) in [6, 6.07) is 15.5. The van der Waals surface area contributed by atoms with Crippen molar-refractivity contribution in [1.82, 2.24) is 10.2 Å². The van der Waals surface area contributed by atoms with Crippen molar-refractivity contribution in [3.05, 3.63) is 83.7 Å². The minimum atomic E-state index is -4.36. The molecule has 214 valence electrons. The van der Waals surface area contributed by atoms with E-state index in [1.54, 1.807) is 6.92 Å². The average Bonchev–Trinajstić information content (AvgIpc) is 2.96. The molecular weight excluding hydrogens is 537 g/mol. The molecule has 0 aliphatic carbocycles. The molecule has 0 saturated heterocycles. The van der Waals surface area contributed by atoms with Crippen molar-refractivity contribution < 1.29 is 31.9 Å². The van der Waals surface area contributed by atoms with Gasteiger partial charge in [0.1, 0.15) is 18.4 Å². The number of benzene rings is 3. The van der Waals surface area contributed by atoms with Crippen molar-refractivity contribution in [2.24, 2.45) is 0 Å². The molecule has 0 aliphatic heterocycles.